The van der Waals surface area contributed by atoms with Crippen molar-refractivity contribution in [1.29, 1.82) is 0 Å². The van der Waals surface area contributed by atoms with E-state index in [1.54, 1.807) is 0 Å². The summed E-state index contributed by atoms with van der Waals surface area (Å²) in [6, 6.07) is -0.0317. The molecule has 112 valence electrons. The summed E-state index contributed by atoms with van der Waals surface area (Å²) in [5, 5.41) is 13.4. The van der Waals surface area contributed by atoms with E-state index in [4.69, 9.17) is 0 Å². The van der Waals surface area contributed by atoms with Crippen molar-refractivity contribution in [3.05, 3.63) is 5.82 Å². The van der Waals surface area contributed by atoms with Gasteiger partial charge in [-0.3, -0.25) is 4.79 Å². The standard InChI is InChI=1S/C14H23N3O2S/c1-14(2,3)12-16-13(20-17-12)15-10-8-6-4-5-7-9(10)11(18)19/h9-10H,4-8H2,1-3H3,(H,18,19)(H,15,16,17). The van der Waals surface area contributed by atoms with Gasteiger partial charge in [-0.05, 0) is 12.8 Å². The number of hydrogen-bond acceptors (Lipinski definition) is 5. The zero-order valence-corrected chi connectivity index (χ0v) is 13.2. The van der Waals surface area contributed by atoms with E-state index in [1.807, 2.05) is 0 Å². The molecular weight excluding hydrogens is 274 g/mol. The number of aromatic nitrogens is 2. The fourth-order valence-corrected chi connectivity index (χ4v) is 3.34. The Hall–Kier alpha value is -1.17. The summed E-state index contributed by atoms with van der Waals surface area (Å²) in [7, 11) is 0. The minimum absolute atomic E-state index is 0.0317. The first-order valence-corrected chi connectivity index (χ1v) is 7.99. The summed E-state index contributed by atoms with van der Waals surface area (Å²) in [4.78, 5) is 15.9. The van der Waals surface area contributed by atoms with Crippen LogP contribution in [0.2, 0.25) is 0 Å². The van der Waals surface area contributed by atoms with Crippen molar-refractivity contribution in [2.75, 3.05) is 5.32 Å². The van der Waals surface area contributed by atoms with Crippen molar-refractivity contribution in [3.8, 4) is 0 Å². The maximum absolute atomic E-state index is 11.4. The first kappa shape index (κ1) is 15.2. The molecule has 2 N–H and O–H groups in total. The number of rotatable bonds is 3. The normalized spacial score (nSPS) is 24.1. The molecule has 1 fully saturated rings. The van der Waals surface area contributed by atoms with Crippen molar-refractivity contribution in [1.82, 2.24) is 9.36 Å². The van der Waals surface area contributed by atoms with Gasteiger partial charge in [-0.25, -0.2) is 4.98 Å². The van der Waals surface area contributed by atoms with Gasteiger partial charge in [0.15, 0.2) is 0 Å². The van der Waals surface area contributed by atoms with Gasteiger partial charge in [0, 0.05) is 23.0 Å². The number of carbonyl (C=O) groups is 1. The summed E-state index contributed by atoms with van der Waals surface area (Å²) >= 11 is 1.33. The molecule has 0 saturated heterocycles. The third-order valence-corrected chi connectivity index (χ3v) is 4.39. The van der Waals surface area contributed by atoms with Gasteiger partial charge in [-0.15, -0.1) is 0 Å². The molecule has 6 heteroatoms. The largest absolute Gasteiger partial charge is 0.481 e. The van der Waals surface area contributed by atoms with Gasteiger partial charge in [-0.1, -0.05) is 40.0 Å². The summed E-state index contributed by atoms with van der Waals surface area (Å²) < 4.78 is 4.37. The second kappa shape index (κ2) is 6.08. The lowest BCUT2D eigenvalue weighted by Gasteiger charge is -2.22. The third kappa shape index (κ3) is 3.69. The summed E-state index contributed by atoms with van der Waals surface area (Å²) in [6.45, 7) is 6.22. The van der Waals surface area contributed by atoms with E-state index in [0.717, 1.165) is 43.1 Å². The van der Waals surface area contributed by atoms with Crippen LogP contribution in [0.5, 0.6) is 0 Å². The number of aliphatic carboxylic acids is 1. The molecule has 0 spiro atoms. The predicted molar refractivity (Wildman–Crippen MR) is 80.2 cm³/mol. The molecule has 0 radical (unpaired) electrons. The van der Waals surface area contributed by atoms with Crippen molar-refractivity contribution < 1.29 is 9.90 Å². The van der Waals surface area contributed by atoms with Gasteiger partial charge in [0.25, 0.3) is 0 Å². The first-order valence-electron chi connectivity index (χ1n) is 7.21. The predicted octanol–water partition coefficient (Wildman–Crippen LogP) is 3.28. The lowest BCUT2D eigenvalue weighted by atomic mass is 9.95. The lowest BCUT2D eigenvalue weighted by molar-refractivity contribution is -0.142. The van der Waals surface area contributed by atoms with Gasteiger partial charge in [0.2, 0.25) is 5.13 Å². The monoisotopic (exact) mass is 297 g/mol. The van der Waals surface area contributed by atoms with Gasteiger partial charge < -0.3 is 10.4 Å². The van der Waals surface area contributed by atoms with Gasteiger partial charge >= 0.3 is 5.97 Å². The minimum Gasteiger partial charge on any atom is -0.481 e. The summed E-state index contributed by atoms with van der Waals surface area (Å²) in [6.07, 6.45) is 4.83. The molecule has 1 aliphatic carbocycles. The maximum Gasteiger partial charge on any atom is 0.308 e. The van der Waals surface area contributed by atoms with Crippen LogP contribution in [-0.2, 0) is 10.2 Å². The SMILES string of the molecule is CC(C)(C)c1nsc(NC2CCCCCC2C(=O)O)n1. The Morgan fingerprint density at radius 2 is 2.00 bits per heavy atom. The highest BCUT2D eigenvalue weighted by molar-refractivity contribution is 7.09. The molecule has 5 nitrogen and oxygen atoms in total. The number of nitrogens with zero attached hydrogens (tertiary/aromatic N) is 2. The molecule has 1 saturated carbocycles. The number of hydrogen-bond donors (Lipinski definition) is 2. The highest BCUT2D eigenvalue weighted by Crippen LogP contribution is 2.29. The quantitative estimate of drug-likeness (QED) is 0.837. The second-order valence-corrected chi connectivity index (χ2v) is 7.26. The molecule has 1 aromatic rings. The van der Waals surface area contributed by atoms with Crippen LogP contribution in [0.3, 0.4) is 0 Å². The van der Waals surface area contributed by atoms with Crippen LogP contribution >= 0.6 is 11.5 Å². The van der Waals surface area contributed by atoms with E-state index in [9.17, 15) is 9.90 Å². The topological polar surface area (TPSA) is 75.1 Å². The maximum atomic E-state index is 11.4. The van der Waals surface area contributed by atoms with Gasteiger partial charge in [0.1, 0.15) is 5.82 Å². The van der Waals surface area contributed by atoms with E-state index in [2.05, 4.69) is 35.4 Å². The third-order valence-electron chi connectivity index (χ3n) is 3.74. The van der Waals surface area contributed by atoms with E-state index in [-0.39, 0.29) is 17.4 Å². The van der Waals surface area contributed by atoms with Crippen LogP contribution in [0.15, 0.2) is 0 Å². The van der Waals surface area contributed by atoms with Crippen LogP contribution in [0.1, 0.15) is 58.7 Å². The smallest absolute Gasteiger partial charge is 0.308 e. The highest BCUT2D eigenvalue weighted by atomic mass is 32.1. The fraction of sp³-hybridized carbons (Fsp3) is 0.786. The molecule has 0 aliphatic heterocycles. The van der Waals surface area contributed by atoms with Gasteiger partial charge in [-0.2, -0.15) is 4.37 Å². The molecule has 1 heterocycles. The highest BCUT2D eigenvalue weighted by Gasteiger charge is 2.30. The Balaban J connectivity index is 2.10. The van der Waals surface area contributed by atoms with Crippen LogP contribution < -0.4 is 5.32 Å². The Morgan fingerprint density at radius 3 is 2.60 bits per heavy atom. The Labute approximate surface area is 124 Å². The van der Waals surface area contributed by atoms with Crippen molar-refractivity contribution >= 4 is 22.6 Å². The summed E-state index contributed by atoms with van der Waals surface area (Å²) in [5.74, 6) is -0.213. The van der Waals surface area contributed by atoms with Crippen molar-refractivity contribution in [3.63, 3.8) is 0 Å². The second-order valence-electron chi connectivity index (χ2n) is 6.51. The van der Waals surface area contributed by atoms with E-state index in [1.165, 1.54) is 11.5 Å². The van der Waals surface area contributed by atoms with Crippen molar-refractivity contribution in [2.45, 2.75) is 64.3 Å². The van der Waals surface area contributed by atoms with Crippen LogP contribution in [0.25, 0.3) is 0 Å². The van der Waals surface area contributed by atoms with Crippen LogP contribution in [-0.4, -0.2) is 26.5 Å². The summed E-state index contributed by atoms with van der Waals surface area (Å²) in [5.41, 5.74) is -0.0773. The molecule has 0 aromatic carbocycles. The first-order chi connectivity index (χ1) is 9.38. The fourth-order valence-electron chi connectivity index (χ4n) is 2.52. The molecule has 0 amide bonds. The van der Waals surface area contributed by atoms with Crippen molar-refractivity contribution in [2.24, 2.45) is 5.92 Å². The Bertz CT molecular complexity index is 467. The molecule has 2 unspecified atom stereocenters. The molecule has 1 aliphatic rings. The van der Waals surface area contributed by atoms with E-state index >= 15 is 0 Å². The molecular formula is C14H23N3O2S. The molecule has 1 aromatic heterocycles. The molecule has 0 bridgehead atoms. The van der Waals surface area contributed by atoms with Crippen LogP contribution in [0, 0.1) is 5.92 Å². The molecule has 20 heavy (non-hydrogen) atoms. The minimum atomic E-state index is -0.704. The zero-order chi connectivity index (χ0) is 14.8. The number of anilines is 1. The molecule has 2 rings (SSSR count). The average Bonchev–Trinajstić information content (AvgIpc) is 2.68. The number of carboxylic acid groups (broad SMARTS) is 1. The Kier molecular flexibility index (Phi) is 4.62. The van der Waals surface area contributed by atoms with E-state index < -0.39 is 5.97 Å². The van der Waals surface area contributed by atoms with Gasteiger partial charge in [0.05, 0.1) is 5.92 Å². The number of nitrogens with one attached hydrogen (secondary N) is 1. The molecule has 2 atom stereocenters. The van der Waals surface area contributed by atoms with Crippen LogP contribution in [0.4, 0.5) is 5.13 Å². The number of carboxylic acids is 1. The lowest BCUT2D eigenvalue weighted by Crippen LogP contribution is -2.33. The average molecular weight is 297 g/mol. The van der Waals surface area contributed by atoms with E-state index in [0.29, 0.717) is 0 Å². The Morgan fingerprint density at radius 1 is 1.30 bits per heavy atom. The zero-order valence-electron chi connectivity index (χ0n) is 12.3.